The highest BCUT2D eigenvalue weighted by atomic mass is 32.2. The zero-order chi connectivity index (χ0) is 18.6. The maximum absolute atomic E-state index is 12.5. The van der Waals surface area contributed by atoms with E-state index in [1.807, 2.05) is 4.90 Å². The zero-order valence-electron chi connectivity index (χ0n) is 14.4. The number of nitrogens with one attached hydrogen (secondary N) is 3. The van der Waals surface area contributed by atoms with Gasteiger partial charge in [-0.15, -0.1) is 4.83 Å². The first-order chi connectivity index (χ1) is 12.5. The van der Waals surface area contributed by atoms with Crippen molar-refractivity contribution in [1.29, 1.82) is 0 Å². The van der Waals surface area contributed by atoms with Gasteiger partial charge in [0.1, 0.15) is 0 Å². The average Bonchev–Trinajstić information content (AvgIpc) is 2.68. The molecule has 3 rings (SSSR count). The quantitative estimate of drug-likeness (QED) is 0.384. The maximum Gasteiger partial charge on any atom is 0.332 e. The second-order valence-corrected chi connectivity index (χ2v) is 7.78. The first-order valence-corrected chi connectivity index (χ1v) is 9.95. The van der Waals surface area contributed by atoms with Crippen LogP contribution in [0.15, 0.2) is 23.1 Å². The lowest BCUT2D eigenvalue weighted by Gasteiger charge is -2.30. The summed E-state index contributed by atoms with van der Waals surface area (Å²) < 4.78 is 30.4. The molecule has 2 heterocycles. The van der Waals surface area contributed by atoms with E-state index in [9.17, 15) is 13.2 Å². The number of sulfonamides is 1. The number of nitrogens with zero attached hydrogens (tertiary/aromatic N) is 2. The molecule has 2 aliphatic rings. The summed E-state index contributed by atoms with van der Waals surface area (Å²) in [5.41, 5.74) is 9.40. The van der Waals surface area contributed by atoms with Crippen molar-refractivity contribution in [3.63, 3.8) is 0 Å². The number of carbonyl (C=O) groups is 1. The number of benzene rings is 1. The number of morpholine rings is 1. The number of nitrogen functional groups attached to an aromatic ring is 1. The number of urea groups is 1. The summed E-state index contributed by atoms with van der Waals surface area (Å²) in [7, 11) is -3.91. The van der Waals surface area contributed by atoms with Crippen LogP contribution in [0.25, 0.3) is 0 Å². The Morgan fingerprint density at radius 3 is 2.54 bits per heavy atom. The van der Waals surface area contributed by atoms with Crippen molar-refractivity contribution in [2.75, 3.05) is 63.1 Å². The van der Waals surface area contributed by atoms with E-state index in [4.69, 9.17) is 10.5 Å². The van der Waals surface area contributed by atoms with Crippen LogP contribution in [0.1, 0.15) is 0 Å². The average molecular weight is 384 g/mol. The molecule has 0 aliphatic carbocycles. The Hall–Kier alpha value is -2.08. The van der Waals surface area contributed by atoms with Crippen molar-refractivity contribution in [1.82, 2.24) is 20.5 Å². The highest BCUT2D eigenvalue weighted by Crippen LogP contribution is 2.27. The van der Waals surface area contributed by atoms with E-state index in [0.717, 1.165) is 0 Å². The molecule has 0 saturated carbocycles. The Balaban J connectivity index is 1.69. The molecule has 0 atom stereocenters. The fourth-order valence-corrected chi connectivity index (χ4v) is 3.74. The lowest BCUT2D eigenvalue weighted by Crippen LogP contribution is -2.54. The van der Waals surface area contributed by atoms with Gasteiger partial charge >= 0.3 is 6.03 Å². The smallest absolute Gasteiger partial charge is 0.332 e. The largest absolute Gasteiger partial charge is 0.397 e. The third kappa shape index (κ3) is 4.36. The van der Waals surface area contributed by atoms with E-state index in [1.165, 1.54) is 12.1 Å². The van der Waals surface area contributed by atoms with Gasteiger partial charge in [0.15, 0.2) is 0 Å². The minimum absolute atomic E-state index is 0.0359. The van der Waals surface area contributed by atoms with Crippen molar-refractivity contribution < 1.29 is 17.9 Å². The van der Waals surface area contributed by atoms with Gasteiger partial charge in [-0.3, -0.25) is 5.43 Å². The van der Waals surface area contributed by atoms with E-state index in [2.05, 4.69) is 15.6 Å². The van der Waals surface area contributed by atoms with Gasteiger partial charge in [-0.25, -0.2) is 13.2 Å². The van der Waals surface area contributed by atoms with E-state index >= 15 is 0 Å². The van der Waals surface area contributed by atoms with Crippen LogP contribution >= 0.6 is 0 Å². The summed E-state index contributed by atoms with van der Waals surface area (Å²) in [4.78, 5) is 17.8. The van der Waals surface area contributed by atoms with Gasteiger partial charge in [-0.05, 0) is 18.2 Å². The van der Waals surface area contributed by atoms with Gasteiger partial charge in [0, 0.05) is 39.3 Å². The van der Waals surface area contributed by atoms with Crippen LogP contribution in [0.2, 0.25) is 0 Å². The van der Waals surface area contributed by atoms with Gasteiger partial charge in [-0.1, -0.05) is 0 Å². The number of anilines is 2. The molecule has 2 saturated heterocycles. The van der Waals surface area contributed by atoms with Gasteiger partial charge in [0.05, 0.1) is 29.5 Å². The van der Waals surface area contributed by atoms with Crippen LogP contribution in [0.5, 0.6) is 0 Å². The summed E-state index contributed by atoms with van der Waals surface area (Å²) in [5.74, 6) is 0. The van der Waals surface area contributed by atoms with Crippen LogP contribution in [0.4, 0.5) is 16.2 Å². The van der Waals surface area contributed by atoms with Gasteiger partial charge in [0.2, 0.25) is 0 Å². The molecule has 10 nitrogen and oxygen atoms in total. The van der Waals surface area contributed by atoms with Crippen molar-refractivity contribution in [3.8, 4) is 0 Å². The fourth-order valence-electron chi connectivity index (χ4n) is 2.89. The fraction of sp³-hybridized carbons (Fsp3) is 0.533. The number of rotatable bonds is 4. The zero-order valence-corrected chi connectivity index (χ0v) is 15.2. The molecular formula is C15H24N6O4S. The summed E-state index contributed by atoms with van der Waals surface area (Å²) in [6.45, 7) is 4.82. The molecule has 1 aromatic carbocycles. The third-order valence-corrected chi connectivity index (χ3v) is 5.61. The molecule has 26 heavy (non-hydrogen) atoms. The molecule has 1 aromatic rings. The molecule has 0 bridgehead atoms. The number of hydrogen-bond acceptors (Lipinski definition) is 7. The summed E-state index contributed by atoms with van der Waals surface area (Å²) in [6, 6.07) is 4.01. The third-order valence-electron chi connectivity index (χ3n) is 4.36. The molecule has 2 amide bonds. The Bertz CT molecular complexity index is 745. The Kier molecular flexibility index (Phi) is 5.81. The maximum atomic E-state index is 12.5. The Labute approximate surface area is 152 Å². The summed E-state index contributed by atoms with van der Waals surface area (Å²) >= 11 is 0. The van der Waals surface area contributed by atoms with Crippen molar-refractivity contribution in [2.45, 2.75) is 4.90 Å². The number of piperazine rings is 1. The van der Waals surface area contributed by atoms with Gasteiger partial charge < -0.3 is 25.6 Å². The predicted octanol–water partition coefficient (Wildman–Crippen LogP) is -1.09. The molecule has 2 fully saturated rings. The van der Waals surface area contributed by atoms with E-state index in [0.29, 0.717) is 63.9 Å². The number of ether oxygens (including phenoxy) is 1. The normalized spacial score (nSPS) is 18.6. The molecule has 2 aliphatic heterocycles. The highest BCUT2D eigenvalue weighted by Gasteiger charge is 2.22. The van der Waals surface area contributed by atoms with Gasteiger partial charge in [-0.2, -0.15) is 0 Å². The lowest BCUT2D eigenvalue weighted by molar-refractivity contribution is 0.123. The minimum Gasteiger partial charge on any atom is -0.397 e. The topological polar surface area (TPSA) is 129 Å². The van der Waals surface area contributed by atoms with Crippen LogP contribution < -0.4 is 26.2 Å². The summed E-state index contributed by atoms with van der Waals surface area (Å²) in [5, 5.41) is 3.12. The van der Waals surface area contributed by atoms with Crippen LogP contribution in [-0.4, -0.2) is 71.8 Å². The SMILES string of the molecule is Nc1ccc(S(=O)(=O)NNC(=O)N2CCNCC2)cc1N1CCOCC1. The molecule has 144 valence electrons. The standard InChI is InChI=1S/C15H24N6O4S/c16-13-2-1-12(11-14(13)20-7-9-25-10-8-20)26(23,24)19-18-15(22)21-5-3-17-4-6-21/h1-2,11,17,19H,3-10,16H2,(H,18,22). The molecule has 5 N–H and O–H groups in total. The predicted molar refractivity (Wildman–Crippen MR) is 97.2 cm³/mol. The minimum atomic E-state index is -3.91. The van der Waals surface area contributed by atoms with Crippen molar-refractivity contribution >= 4 is 27.4 Å². The van der Waals surface area contributed by atoms with E-state index < -0.39 is 16.1 Å². The van der Waals surface area contributed by atoms with E-state index in [-0.39, 0.29) is 4.90 Å². The van der Waals surface area contributed by atoms with Crippen LogP contribution in [-0.2, 0) is 14.8 Å². The monoisotopic (exact) mass is 384 g/mol. The first-order valence-electron chi connectivity index (χ1n) is 8.47. The van der Waals surface area contributed by atoms with Crippen molar-refractivity contribution in [2.24, 2.45) is 0 Å². The highest BCUT2D eigenvalue weighted by molar-refractivity contribution is 7.89. The first kappa shape index (κ1) is 18.7. The molecule has 11 heteroatoms. The Morgan fingerprint density at radius 2 is 1.85 bits per heavy atom. The van der Waals surface area contributed by atoms with Crippen LogP contribution in [0, 0.1) is 0 Å². The molecular weight excluding hydrogens is 360 g/mol. The number of hydrazine groups is 1. The number of amides is 2. The van der Waals surface area contributed by atoms with Crippen LogP contribution in [0.3, 0.4) is 0 Å². The second kappa shape index (κ2) is 8.08. The lowest BCUT2D eigenvalue weighted by atomic mass is 10.2. The molecule has 0 spiro atoms. The number of hydrogen-bond donors (Lipinski definition) is 4. The molecule has 0 unspecified atom stereocenters. The Morgan fingerprint density at radius 1 is 1.15 bits per heavy atom. The van der Waals surface area contributed by atoms with Gasteiger partial charge in [0.25, 0.3) is 10.0 Å². The number of carbonyl (C=O) groups excluding carboxylic acids is 1. The molecule has 0 aromatic heterocycles. The summed E-state index contributed by atoms with van der Waals surface area (Å²) in [6.07, 6.45) is 0. The second-order valence-electron chi connectivity index (χ2n) is 6.09. The van der Waals surface area contributed by atoms with Crippen molar-refractivity contribution in [3.05, 3.63) is 18.2 Å². The number of nitrogens with two attached hydrogens (primary N) is 1. The molecule has 0 radical (unpaired) electrons. The van der Waals surface area contributed by atoms with E-state index in [1.54, 1.807) is 11.0 Å².